The Kier molecular flexibility index (Phi) is 4.56. The van der Waals surface area contributed by atoms with Crippen molar-refractivity contribution in [1.29, 1.82) is 0 Å². The fourth-order valence-electron chi connectivity index (χ4n) is 3.57. The molecule has 0 bridgehead atoms. The second-order valence-electron chi connectivity index (χ2n) is 7.26. The summed E-state index contributed by atoms with van der Waals surface area (Å²) in [5, 5.41) is 20.1. The van der Waals surface area contributed by atoms with E-state index in [0.717, 1.165) is 37.6 Å². The molecular weight excluding hydrogens is 346 g/mol. The second kappa shape index (κ2) is 7.03. The van der Waals surface area contributed by atoms with E-state index in [1.165, 1.54) is 4.52 Å². The summed E-state index contributed by atoms with van der Waals surface area (Å²) in [6.45, 7) is 2.12. The number of hydrogen-bond acceptors (Lipinski definition) is 7. The zero-order valence-corrected chi connectivity index (χ0v) is 15.8. The minimum atomic E-state index is -0.00668. The SMILES string of the molecule is CN(C)Cc1nnc(C2CCCN(C(=O)c3ccc4nnnn4c3)C2)n1C. The Labute approximate surface area is 156 Å². The van der Waals surface area contributed by atoms with Crippen LogP contribution >= 0.6 is 0 Å². The molecule has 0 N–H and O–H groups in total. The second-order valence-corrected chi connectivity index (χ2v) is 7.26. The first-order valence-corrected chi connectivity index (χ1v) is 9.03. The lowest BCUT2D eigenvalue weighted by Crippen LogP contribution is -2.39. The van der Waals surface area contributed by atoms with E-state index in [9.17, 15) is 4.79 Å². The van der Waals surface area contributed by atoms with Gasteiger partial charge in [0.1, 0.15) is 11.6 Å². The molecule has 4 rings (SSSR count). The van der Waals surface area contributed by atoms with Gasteiger partial charge in [0.05, 0.1) is 12.1 Å². The van der Waals surface area contributed by atoms with Crippen LogP contribution in [0.4, 0.5) is 0 Å². The largest absolute Gasteiger partial charge is 0.338 e. The molecule has 142 valence electrons. The Bertz CT molecular complexity index is 960. The number of nitrogens with zero attached hydrogens (tertiary/aromatic N) is 9. The summed E-state index contributed by atoms with van der Waals surface area (Å²) in [5.41, 5.74) is 1.21. The highest BCUT2D eigenvalue weighted by Crippen LogP contribution is 2.27. The quantitative estimate of drug-likeness (QED) is 0.654. The van der Waals surface area contributed by atoms with Crippen molar-refractivity contribution in [2.75, 3.05) is 27.2 Å². The standard InChI is InChI=1S/C17H23N9O/c1-23(2)11-15-18-20-16(24(15)3)12-5-4-8-25(9-12)17(27)13-6-7-14-19-21-22-26(14)10-13/h6-7,10,12H,4-5,8-9,11H2,1-3H3. The Hall–Kier alpha value is -2.88. The lowest BCUT2D eigenvalue weighted by molar-refractivity contribution is 0.0702. The number of hydrogen-bond donors (Lipinski definition) is 0. The highest BCUT2D eigenvalue weighted by Gasteiger charge is 2.29. The number of carbonyl (C=O) groups excluding carboxylic acids is 1. The smallest absolute Gasteiger partial charge is 0.255 e. The van der Waals surface area contributed by atoms with Gasteiger partial charge in [-0.3, -0.25) is 4.79 Å². The summed E-state index contributed by atoms with van der Waals surface area (Å²) >= 11 is 0. The van der Waals surface area contributed by atoms with Gasteiger partial charge in [-0.25, -0.2) is 0 Å². The molecule has 1 unspecified atom stereocenters. The molecule has 10 nitrogen and oxygen atoms in total. The maximum absolute atomic E-state index is 13.0. The molecule has 0 spiro atoms. The molecule has 0 aromatic carbocycles. The van der Waals surface area contributed by atoms with Crippen LogP contribution in [-0.2, 0) is 13.6 Å². The summed E-state index contributed by atoms with van der Waals surface area (Å²) in [5.74, 6) is 2.06. The molecule has 10 heteroatoms. The molecule has 0 radical (unpaired) electrons. The van der Waals surface area contributed by atoms with Gasteiger partial charge in [-0.05, 0) is 49.5 Å². The average Bonchev–Trinajstić information content (AvgIpc) is 3.27. The summed E-state index contributed by atoms with van der Waals surface area (Å²) < 4.78 is 3.58. The first kappa shape index (κ1) is 17.5. The van der Waals surface area contributed by atoms with Gasteiger partial charge in [-0.2, -0.15) is 4.52 Å². The lowest BCUT2D eigenvalue weighted by atomic mass is 9.96. The van der Waals surface area contributed by atoms with Crippen LogP contribution in [0.15, 0.2) is 18.3 Å². The van der Waals surface area contributed by atoms with Crippen LogP contribution in [0.5, 0.6) is 0 Å². The summed E-state index contributed by atoms with van der Waals surface area (Å²) in [4.78, 5) is 16.9. The van der Waals surface area contributed by atoms with Crippen molar-refractivity contribution < 1.29 is 4.79 Å². The van der Waals surface area contributed by atoms with Crippen molar-refractivity contribution in [2.24, 2.45) is 7.05 Å². The zero-order valence-electron chi connectivity index (χ0n) is 15.8. The van der Waals surface area contributed by atoms with Crippen LogP contribution in [0.2, 0.25) is 0 Å². The summed E-state index contributed by atoms with van der Waals surface area (Å²) in [6.07, 6.45) is 3.63. The minimum Gasteiger partial charge on any atom is -0.338 e. The number of carbonyl (C=O) groups is 1. The van der Waals surface area contributed by atoms with Crippen molar-refractivity contribution in [3.63, 3.8) is 0 Å². The summed E-state index contributed by atoms with van der Waals surface area (Å²) in [6, 6.07) is 3.53. The molecule has 0 saturated carbocycles. The Balaban J connectivity index is 1.52. The van der Waals surface area contributed by atoms with Crippen molar-refractivity contribution in [2.45, 2.75) is 25.3 Å². The predicted molar refractivity (Wildman–Crippen MR) is 97.1 cm³/mol. The van der Waals surface area contributed by atoms with Crippen molar-refractivity contribution >= 4 is 11.6 Å². The van der Waals surface area contributed by atoms with E-state index in [1.54, 1.807) is 18.3 Å². The topological polar surface area (TPSA) is 97.3 Å². The number of piperidine rings is 1. The molecule has 1 fully saturated rings. The molecule has 0 aliphatic carbocycles. The Morgan fingerprint density at radius 3 is 2.93 bits per heavy atom. The van der Waals surface area contributed by atoms with Crippen molar-refractivity contribution in [3.05, 3.63) is 35.5 Å². The molecule has 4 heterocycles. The fourth-order valence-corrected chi connectivity index (χ4v) is 3.57. The molecular formula is C17H23N9O. The Morgan fingerprint density at radius 1 is 1.26 bits per heavy atom. The van der Waals surface area contributed by atoms with E-state index in [1.807, 2.05) is 26.0 Å². The van der Waals surface area contributed by atoms with Gasteiger partial charge in [0.15, 0.2) is 5.65 Å². The van der Waals surface area contributed by atoms with E-state index in [2.05, 4.69) is 35.2 Å². The van der Waals surface area contributed by atoms with Crippen molar-refractivity contribution in [1.82, 2.24) is 44.6 Å². The number of amides is 1. The monoisotopic (exact) mass is 369 g/mol. The molecule has 3 aromatic heterocycles. The van der Waals surface area contributed by atoms with E-state index < -0.39 is 0 Å². The molecule has 1 saturated heterocycles. The van der Waals surface area contributed by atoms with Crippen LogP contribution in [0.3, 0.4) is 0 Å². The number of pyridine rings is 1. The third-order valence-electron chi connectivity index (χ3n) is 4.97. The number of aromatic nitrogens is 7. The Morgan fingerprint density at radius 2 is 2.11 bits per heavy atom. The third kappa shape index (κ3) is 3.39. The van der Waals surface area contributed by atoms with E-state index in [-0.39, 0.29) is 11.8 Å². The van der Waals surface area contributed by atoms with E-state index in [4.69, 9.17) is 0 Å². The first-order valence-electron chi connectivity index (χ1n) is 9.03. The molecule has 3 aromatic rings. The summed E-state index contributed by atoms with van der Waals surface area (Å²) in [7, 11) is 6.02. The van der Waals surface area contributed by atoms with Gasteiger partial charge in [0.25, 0.3) is 5.91 Å². The number of likely N-dealkylation sites (tertiary alicyclic amines) is 1. The van der Waals surface area contributed by atoms with Crippen LogP contribution in [0.25, 0.3) is 5.65 Å². The molecule has 1 aliphatic rings. The van der Waals surface area contributed by atoms with Crippen LogP contribution in [0, 0.1) is 0 Å². The van der Waals surface area contributed by atoms with E-state index >= 15 is 0 Å². The molecule has 27 heavy (non-hydrogen) atoms. The highest BCUT2D eigenvalue weighted by molar-refractivity contribution is 5.94. The van der Waals surface area contributed by atoms with Gasteiger partial charge >= 0.3 is 0 Å². The fraction of sp³-hybridized carbons (Fsp3) is 0.529. The van der Waals surface area contributed by atoms with Crippen LogP contribution in [-0.4, -0.2) is 77.7 Å². The van der Waals surface area contributed by atoms with Gasteiger partial charge < -0.3 is 14.4 Å². The normalized spacial score (nSPS) is 17.8. The van der Waals surface area contributed by atoms with E-state index in [0.29, 0.717) is 17.8 Å². The molecule has 1 atom stereocenters. The van der Waals surface area contributed by atoms with Crippen molar-refractivity contribution in [3.8, 4) is 0 Å². The predicted octanol–water partition coefficient (Wildman–Crippen LogP) is 0.334. The van der Waals surface area contributed by atoms with Gasteiger partial charge in [-0.15, -0.1) is 15.3 Å². The maximum Gasteiger partial charge on any atom is 0.255 e. The highest BCUT2D eigenvalue weighted by atomic mass is 16.2. The van der Waals surface area contributed by atoms with Crippen LogP contribution < -0.4 is 0 Å². The first-order chi connectivity index (χ1) is 13.0. The average molecular weight is 369 g/mol. The van der Waals surface area contributed by atoms with Crippen LogP contribution in [0.1, 0.15) is 40.8 Å². The van der Waals surface area contributed by atoms with Gasteiger partial charge in [0.2, 0.25) is 0 Å². The van der Waals surface area contributed by atoms with Gasteiger partial charge in [0, 0.05) is 32.3 Å². The van der Waals surface area contributed by atoms with Gasteiger partial charge in [-0.1, -0.05) is 0 Å². The third-order valence-corrected chi connectivity index (χ3v) is 4.97. The minimum absolute atomic E-state index is 0.00668. The maximum atomic E-state index is 13.0. The molecule has 1 amide bonds. The number of tetrazole rings is 1. The molecule has 1 aliphatic heterocycles. The number of fused-ring (bicyclic) bond motifs is 1. The number of rotatable bonds is 4. The zero-order chi connectivity index (χ0) is 19.0. The lowest BCUT2D eigenvalue weighted by Gasteiger charge is -2.32.